The maximum Gasteiger partial charge on any atom is 0.246 e. The number of rotatable bonds is 4. The third kappa shape index (κ3) is 2.69. The summed E-state index contributed by atoms with van der Waals surface area (Å²) in [5.41, 5.74) is 7.48. The second kappa shape index (κ2) is 4.79. The van der Waals surface area contributed by atoms with Gasteiger partial charge in [-0.3, -0.25) is 5.10 Å². The molecule has 0 unspecified atom stereocenters. The monoisotopic (exact) mass is 266 g/mol. The summed E-state index contributed by atoms with van der Waals surface area (Å²) in [6.07, 6.45) is 1.19. The topological polar surface area (TPSA) is 101 Å². The number of benzene rings is 1. The van der Waals surface area contributed by atoms with Crippen molar-refractivity contribution in [3.05, 3.63) is 41.6 Å². The Labute approximate surface area is 105 Å². The molecule has 96 valence electrons. The number of nitrogen functional groups attached to an aromatic ring is 1. The Bertz CT molecular complexity index is 631. The fourth-order valence-corrected chi connectivity index (χ4v) is 2.50. The minimum atomic E-state index is -3.62. The number of nitrogens with zero attached hydrogens (tertiary/aromatic N) is 1. The molecule has 6 nitrogen and oxygen atoms in total. The Morgan fingerprint density at radius 2 is 2.00 bits per heavy atom. The fourth-order valence-electron chi connectivity index (χ4n) is 1.46. The minimum absolute atomic E-state index is 0.0328. The summed E-state index contributed by atoms with van der Waals surface area (Å²) in [7, 11) is -3.62. The smallest absolute Gasteiger partial charge is 0.246 e. The van der Waals surface area contributed by atoms with Crippen molar-refractivity contribution in [1.29, 1.82) is 0 Å². The first kappa shape index (κ1) is 12.6. The average molecular weight is 266 g/mol. The van der Waals surface area contributed by atoms with Crippen LogP contribution in [-0.4, -0.2) is 18.6 Å². The molecule has 0 aliphatic heterocycles. The van der Waals surface area contributed by atoms with Crippen molar-refractivity contribution >= 4 is 15.8 Å². The van der Waals surface area contributed by atoms with Crippen LogP contribution in [0.2, 0.25) is 0 Å². The van der Waals surface area contributed by atoms with Gasteiger partial charge in [0.25, 0.3) is 0 Å². The molecule has 0 saturated carbocycles. The summed E-state index contributed by atoms with van der Waals surface area (Å²) in [5.74, 6) is 0.0337. The van der Waals surface area contributed by atoms with Crippen LogP contribution in [0.1, 0.15) is 11.1 Å². The predicted octanol–water partition coefficient (Wildman–Crippen LogP) is 0.779. The van der Waals surface area contributed by atoms with Gasteiger partial charge in [0.15, 0.2) is 0 Å². The molecule has 1 aromatic carbocycles. The quantitative estimate of drug-likeness (QED) is 0.761. The van der Waals surface area contributed by atoms with Gasteiger partial charge in [0.1, 0.15) is 10.7 Å². The Balaban J connectivity index is 2.11. The third-order valence-corrected chi connectivity index (χ3v) is 3.94. The van der Waals surface area contributed by atoms with Gasteiger partial charge in [0, 0.05) is 6.54 Å². The number of nitrogens with one attached hydrogen (secondary N) is 2. The van der Waals surface area contributed by atoms with Gasteiger partial charge in [-0.1, -0.05) is 29.8 Å². The van der Waals surface area contributed by atoms with Gasteiger partial charge in [-0.05, 0) is 12.5 Å². The number of aromatic amines is 1. The maximum atomic E-state index is 11.9. The van der Waals surface area contributed by atoms with Crippen molar-refractivity contribution in [2.45, 2.75) is 18.4 Å². The molecule has 0 aliphatic rings. The Morgan fingerprint density at radius 1 is 1.33 bits per heavy atom. The zero-order valence-corrected chi connectivity index (χ0v) is 10.7. The summed E-state index contributed by atoms with van der Waals surface area (Å²) in [6, 6.07) is 7.60. The van der Waals surface area contributed by atoms with Gasteiger partial charge in [-0.2, -0.15) is 5.10 Å². The molecule has 2 rings (SSSR count). The van der Waals surface area contributed by atoms with E-state index in [-0.39, 0.29) is 17.3 Å². The van der Waals surface area contributed by atoms with E-state index in [2.05, 4.69) is 14.9 Å². The number of aromatic nitrogens is 2. The number of H-pyrrole nitrogens is 1. The first-order valence-electron chi connectivity index (χ1n) is 5.33. The lowest BCUT2D eigenvalue weighted by molar-refractivity contribution is 0.582. The van der Waals surface area contributed by atoms with Crippen molar-refractivity contribution in [3.63, 3.8) is 0 Å². The van der Waals surface area contributed by atoms with Gasteiger partial charge < -0.3 is 5.73 Å². The van der Waals surface area contributed by atoms with Crippen LogP contribution in [0, 0.1) is 6.92 Å². The van der Waals surface area contributed by atoms with E-state index in [1.54, 1.807) is 0 Å². The van der Waals surface area contributed by atoms with Crippen LogP contribution in [0.25, 0.3) is 0 Å². The Kier molecular flexibility index (Phi) is 3.35. The highest BCUT2D eigenvalue weighted by Gasteiger charge is 2.18. The molecular formula is C11H14N4O2S. The summed E-state index contributed by atoms with van der Waals surface area (Å²) in [4.78, 5) is -0.0328. The van der Waals surface area contributed by atoms with E-state index in [1.807, 2.05) is 31.2 Å². The van der Waals surface area contributed by atoms with Crippen LogP contribution in [0.3, 0.4) is 0 Å². The molecule has 0 bridgehead atoms. The molecule has 7 heteroatoms. The number of nitrogens with two attached hydrogens (primary N) is 1. The molecule has 0 spiro atoms. The van der Waals surface area contributed by atoms with Gasteiger partial charge >= 0.3 is 0 Å². The van der Waals surface area contributed by atoms with Gasteiger partial charge in [0.05, 0.1) is 6.20 Å². The molecule has 4 N–H and O–H groups in total. The van der Waals surface area contributed by atoms with Crippen LogP contribution < -0.4 is 10.5 Å². The summed E-state index contributed by atoms with van der Waals surface area (Å²) < 4.78 is 26.3. The Hall–Kier alpha value is -1.86. The molecule has 18 heavy (non-hydrogen) atoms. The van der Waals surface area contributed by atoms with Crippen LogP contribution in [0.4, 0.5) is 5.82 Å². The lowest BCUT2D eigenvalue weighted by Crippen LogP contribution is -2.23. The zero-order valence-electron chi connectivity index (χ0n) is 9.84. The third-order valence-electron chi connectivity index (χ3n) is 2.51. The molecule has 1 aromatic heterocycles. The average Bonchev–Trinajstić information content (AvgIpc) is 2.76. The van der Waals surface area contributed by atoms with E-state index in [1.165, 1.54) is 6.20 Å². The lowest BCUT2D eigenvalue weighted by Gasteiger charge is -2.05. The van der Waals surface area contributed by atoms with Crippen LogP contribution in [0.5, 0.6) is 0 Å². The SMILES string of the molecule is Cc1ccc(CNS(=O)(=O)c2cn[nH]c2N)cc1. The number of aryl methyl sites for hydroxylation is 1. The maximum absolute atomic E-state index is 11.9. The first-order valence-corrected chi connectivity index (χ1v) is 6.81. The lowest BCUT2D eigenvalue weighted by atomic mass is 10.2. The number of sulfonamides is 1. The van der Waals surface area contributed by atoms with E-state index in [9.17, 15) is 8.42 Å². The van der Waals surface area contributed by atoms with E-state index >= 15 is 0 Å². The molecular weight excluding hydrogens is 252 g/mol. The van der Waals surface area contributed by atoms with Crippen molar-refractivity contribution in [2.75, 3.05) is 5.73 Å². The highest BCUT2D eigenvalue weighted by Crippen LogP contribution is 2.14. The van der Waals surface area contributed by atoms with Gasteiger partial charge in [0.2, 0.25) is 10.0 Å². The normalized spacial score (nSPS) is 11.6. The first-order chi connectivity index (χ1) is 8.49. The van der Waals surface area contributed by atoms with E-state index in [0.29, 0.717) is 0 Å². The largest absolute Gasteiger partial charge is 0.383 e. The highest BCUT2D eigenvalue weighted by atomic mass is 32.2. The summed E-state index contributed by atoms with van der Waals surface area (Å²) in [5, 5.41) is 5.97. The molecule has 0 radical (unpaired) electrons. The summed E-state index contributed by atoms with van der Waals surface area (Å²) in [6.45, 7) is 2.19. The van der Waals surface area contributed by atoms with Crippen molar-refractivity contribution < 1.29 is 8.42 Å². The standard InChI is InChI=1S/C11H14N4O2S/c1-8-2-4-9(5-3-8)6-14-18(16,17)10-7-13-15-11(10)12/h2-5,7,14H,6H2,1H3,(H3,12,13,15). The molecule has 0 amide bonds. The number of hydrogen-bond acceptors (Lipinski definition) is 4. The van der Waals surface area contributed by atoms with Crippen molar-refractivity contribution in [1.82, 2.24) is 14.9 Å². The van der Waals surface area contributed by atoms with Gasteiger partial charge in [-0.25, -0.2) is 13.1 Å². The van der Waals surface area contributed by atoms with E-state index in [0.717, 1.165) is 11.1 Å². The summed E-state index contributed by atoms with van der Waals surface area (Å²) >= 11 is 0. The minimum Gasteiger partial charge on any atom is -0.383 e. The molecule has 0 saturated heterocycles. The van der Waals surface area contributed by atoms with Gasteiger partial charge in [-0.15, -0.1) is 0 Å². The van der Waals surface area contributed by atoms with Crippen molar-refractivity contribution in [2.24, 2.45) is 0 Å². The second-order valence-electron chi connectivity index (χ2n) is 3.96. The van der Waals surface area contributed by atoms with Crippen LogP contribution in [0.15, 0.2) is 35.4 Å². The van der Waals surface area contributed by atoms with E-state index in [4.69, 9.17) is 5.73 Å². The molecule has 1 heterocycles. The predicted molar refractivity (Wildman–Crippen MR) is 68.2 cm³/mol. The molecule has 0 fully saturated rings. The van der Waals surface area contributed by atoms with Crippen LogP contribution in [-0.2, 0) is 16.6 Å². The Morgan fingerprint density at radius 3 is 2.56 bits per heavy atom. The van der Waals surface area contributed by atoms with E-state index < -0.39 is 10.0 Å². The highest BCUT2D eigenvalue weighted by molar-refractivity contribution is 7.89. The molecule has 0 atom stereocenters. The number of anilines is 1. The molecule has 2 aromatic rings. The zero-order chi connectivity index (χ0) is 13.2. The second-order valence-corrected chi connectivity index (χ2v) is 5.69. The fraction of sp³-hybridized carbons (Fsp3) is 0.182. The number of hydrogen-bond donors (Lipinski definition) is 3. The van der Waals surface area contributed by atoms with Crippen molar-refractivity contribution in [3.8, 4) is 0 Å². The molecule has 0 aliphatic carbocycles. The van der Waals surface area contributed by atoms with Crippen LogP contribution >= 0.6 is 0 Å².